The molecule has 1 amide bonds. The van der Waals surface area contributed by atoms with E-state index in [-0.39, 0.29) is 5.91 Å². The fourth-order valence-corrected chi connectivity index (χ4v) is 2.27. The van der Waals surface area contributed by atoms with Crippen LogP contribution in [-0.2, 0) is 9.59 Å². The number of aromatic amines is 1. The molecule has 1 aromatic heterocycles. The monoisotopic (exact) mass is 237 g/mol. The van der Waals surface area contributed by atoms with Gasteiger partial charge in [-0.15, -0.1) is 0 Å². The second-order valence-corrected chi connectivity index (χ2v) is 5.04. The van der Waals surface area contributed by atoms with Crippen LogP contribution >= 0.6 is 0 Å². The van der Waals surface area contributed by atoms with E-state index < -0.39 is 23.2 Å². The summed E-state index contributed by atoms with van der Waals surface area (Å²) in [4.78, 5) is 22.8. The molecule has 2 atom stereocenters. The number of aromatic nitrogens is 2. The standard InChI is InChI=1S/C11H15N3O3/c1-5-4-6(14-13-5)12-9(15)7-8(10(16)17)11(7,2)3/h4,7-8H,1-3H3,(H,16,17)(H2,12,13,14,15)/t7-,8+/m1/s1. The number of nitrogens with one attached hydrogen (secondary N) is 2. The highest BCUT2D eigenvalue weighted by Crippen LogP contribution is 2.58. The Morgan fingerprint density at radius 2 is 2.12 bits per heavy atom. The molecule has 1 heterocycles. The minimum absolute atomic E-state index is 0.283. The van der Waals surface area contributed by atoms with Crippen molar-refractivity contribution in [3.05, 3.63) is 11.8 Å². The van der Waals surface area contributed by atoms with Gasteiger partial charge in [0.15, 0.2) is 5.82 Å². The van der Waals surface area contributed by atoms with Crippen molar-refractivity contribution in [2.24, 2.45) is 17.3 Å². The molecule has 1 aliphatic rings. The zero-order valence-corrected chi connectivity index (χ0v) is 9.94. The van der Waals surface area contributed by atoms with Gasteiger partial charge in [0.05, 0.1) is 11.8 Å². The average molecular weight is 237 g/mol. The molecule has 6 heteroatoms. The smallest absolute Gasteiger partial charge is 0.307 e. The number of nitrogens with zero attached hydrogens (tertiary/aromatic N) is 1. The first-order valence-corrected chi connectivity index (χ1v) is 5.39. The summed E-state index contributed by atoms with van der Waals surface area (Å²) in [5, 5.41) is 18.2. The molecule has 0 radical (unpaired) electrons. The number of rotatable bonds is 3. The fraction of sp³-hybridized carbons (Fsp3) is 0.545. The van der Waals surface area contributed by atoms with E-state index in [9.17, 15) is 9.59 Å². The van der Waals surface area contributed by atoms with Crippen LogP contribution in [0.2, 0.25) is 0 Å². The first-order chi connectivity index (χ1) is 7.84. The number of carbonyl (C=O) groups is 2. The molecule has 0 spiro atoms. The van der Waals surface area contributed by atoms with Crippen LogP contribution in [0, 0.1) is 24.2 Å². The van der Waals surface area contributed by atoms with Crippen molar-refractivity contribution < 1.29 is 14.7 Å². The van der Waals surface area contributed by atoms with Crippen LogP contribution in [0.25, 0.3) is 0 Å². The van der Waals surface area contributed by atoms with Crippen LogP contribution in [0.15, 0.2) is 6.07 Å². The van der Waals surface area contributed by atoms with Crippen molar-refractivity contribution >= 4 is 17.7 Å². The van der Waals surface area contributed by atoms with Gasteiger partial charge < -0.3 is 10.4 Å². The third kappa shape index (κ3) is 1.90. The lowest BCUT2D eigenvalue weighted by molar-refractivity contribution is -0.140. The van der Waals surface area contributed by atoms with E-state index in [4.69, 9.17) is 5.11 Å². The highest BCUT2D eigenvalue weighted by Gasteiger charge is 2.65. The maximum absolute atomic E-state index is 11.9. The predicted molar refractivity (Wildman–Crippen MR) is 60.4 cm³/mol. The first-order valence-electron chi connectivity index (χ1n) is 5.39. The van der Waals surface area contributed by atoms with Gasteiger partial charge in [-0.2, -0.15) is 5.10 Å². The molecule has 0 unspecified atom stereocenters. The van der Waals surface area contributed by atoms with Crippen molar-refractivity contribution in [1.29, 1.82) is 0 Å². The van der Waals surface area contributed by atoms with E-state index in [1.54, 1.807) is 19.9 Å². The number of aliphatic carboxylic acids is 1. The van der Waals surface area contributed by atoms with E-state index in [0.29, 0.717) is 5.82 Å². The summed E-state index contributed by atoms with van der Waals surface area (Å²) >= 11 is 0. The number of anilines is 1. The Bertz CT molecular complexity index is 478. The predicted octanol–water partition coefficient (Wildman–Crippen LogP) is 1.01. The summed E-state index contributed by atoms with van der Waals surface area (Å²) in [6.45, 7) is 5.39. The third-order valence-corrected chi connectivity index (χ3v) is 3.33. The first kappa shape index (κ1) is 11.6. The normalized spacial score (nSPS) is 25.4. The van der Waals surface area contributed by atoms with Gasteiger partial charge in [0.1, 0.15) is 0 Å². The number of carboxylic acids is 1. The molecule has 3 N–H and O–H groups in total. The van der Waals surface area contributed by atoms with Crippen molar-refractivity contribution in [3.63, 3.8) is 0 Å². The molecule has 1 saturated carbocycles. The summed E-state index contributed by atoms with van der Waals surface area (Å²) in [6, 6.07) is 1.70. The van der Waals surface area contributed by atoms with Gasteiger partial charge in [-0.25, -0.2) is 0 Å². The molecule has 17 heavy (non-hydrogen) atoms. The SMILES string of the molecule is Cc1cc(NC(=O)[C@H]2[C@@H](C(=O)O)C2(C)C)n[nH]1. The summed E-state index contributed by atoms with van der Waals surface area (Å²) < 4.78 is 0. The van der Waals surface area contributed by atoms with Gasteiger partial charge in [0.2, 0.25) is 5.91 Å². The summed E-state index contributed by atoms with van der Waals surface area (Å²) in [7, 11) is 0. The van der Waals surface area contributed by atoms with Crippen molar-refractivity contribution in [2.75, 3.05) is 5.32 Å². The van der Waals surface area contributed by atoms with Gasteiger partial charge >= 0.3 is 5.97 Å². The number of carbonyl (C=O) groups excluding carboxylic acids is 1. The van der Waals surface area contributed by atoms with E-state index in [0.717, 1.165) is 5.69 Å². The number of hydrogen-bond acceptors (Lipinski definition) is 3. The Labute approximate surface area is 98.4 Å². The molecular weight excluding hydrogens is 222 g/mol. The Balaban J connectivity index is 2.05. The zero-order valence-electron chi connectivity index (χ0n) is 9.94. The van der Waals surface area contributed by atoms with Crippen molar-refractivity contribution in [2.45, 2.75) is 20.8 Å². The molecule has 0 saturated heterocycles. The highest BCUT2D eigenvalue weighted by atomic mass is 16.4. The number of hydrogen-bond donors (Lipinski definition) is 3. The number of H-pyrrole nitrogens is 1. The molecule has 6 nitrogen and oxygen atoms in total. The van der Waals surface area contributed by atoms with E-state index in [2.05, 4.69) is 15.5 Å². The minimum Gasteiger partial charge on any atom is -0.481 e. The van der Waals surface area contributed by atoms with Gasteiger partial charge in [0.25, 0.3) is 0 Å². The summed E-state index contributed by atoms with van der Waals surface area (Å²) in [5.74, 6) is -1.87. The lowest BCUT2D eigenvalue weighted by Gasteiger charge is -2.02. The largest absolute Gasteiger partial charge is 0.481 e. The quantitative estimate of drug-likeness (QED) is 0.731. The lowest BCUT2D eigenvalue weighted by atomic mass is 10.1. The molecule has 0 bridgehead atoms. The maximum Gasteiger partial charge on any atom is 0.307 e. The molecule has 1 fully saturated rings. The van der Waals surface area contributed by atoms with Crippen molar-refractivity contribution in [3.8, 4) is 0 Å². The molecule has 0 aromatic carbocycles. The Kier molecular flexibility index (Phi) is 2.45. The number of amides is 1. The fourth-order valence-electron chi connectivity index (χ4n) is 2.27. The molecule has 0 aliphatic heterocycles. The van der Waals surface area contributed by atoms with Crippen LogP contribution in [0.3, 0.4) is 0 Å². The van der Waals surface area contributed by atoms with Gasteiger partial charge in [-0.05, 0) is 12.3 Å². The van der Waals surface area contributed by atoms with Crippen LogP contribution in [0.4, 0.5) is 5.82 Å². The van der Waals surface area contributed by atoms with Crippen molar-refractivity contribution in [1.82, 2.24) is 10.2 Å². The van der Waals surface area contributed by atoms with Gasteiger partial charge in [-0.1, -0.05) is 13.8 Å². The summed E-state index contributed by atoms with van der Waals surface area (Å²) in [6.07, 6.45) is 0. The molecule has 2 rings (SSSR count). The van der Waals surface area contributed by atoms with E-state index in [1.807, 2.05) is 6.92 Å². The Morgan fingerprint density at radius 1 is 1.47 bits per heavy atom. The highest BCUT2D eigenvalue weighted by molar-refractivity contribution is 5.99. The van der Waals surface area contributed by atoms with E-state index in [1.165, 1.54) is 0 Å². The topological polar surface area (TPSA) is 95.1 Å². The van der Waals surface area contributed by atoms with E-state index >= 15 is 0 Å². The second-order valence-electron chi connectivity index (χ2n) is 5.04. The van der Waals surface area contributed by atoms with Gasteiger partial charge in [0, 0.05) is 11.8 Å². The number of aryl methyl sites for hydroxylation is 1. The Morgan fingerprint density at radius 3 is 2.53 bits per heavy atom. The second kappa shape index (κ2) is 3.58. The van der Waals surface area contributed by atoms with Crippen LogP contribution in [0.5, 0.6) is 0 Å². The molecule has 1 aliphatic carbocycles. The third-order valence-electron chi connectivity index (χ3n) is 3.33. The minimum atomic E-state index is -0.923. The Hall–Kier alpha value is -1.85. The van der Waals surface area contributed by atoms with Crippen LogP contribution in [0.1, 0.15) is 19.5 Å². The molecular formula is C11H15N3O3. The zero-order chi connectivity index (χ0) is 12.8. The molecule has 1 aromatic rings. The van der Waals surface area contributed by atoms with Crippen LogP contribution in [-0.4, -0.2) is 27.2 Å². The summed E-state index contributed by atoms with van der Waals surface area (Å²) in [5.41, 5.74) is 0.353. The molecule has 92 valence electrons. The number of carboxylic acid groups (broad SMARTS) is 1. The van der Waals surface area contributed by atoms with Crippen LogP contribution < -0.4 is 5.32 Å². The maximum atomic E-state index is 11.9. The van der Waals surface area contributed by atoms with Gasteiger partial charge in [-0.3, -0.25) is 14.7 Å². The average Bonchev–Trinajstić information content (AvgIpc) is 2.54. The lowest BCUT2D eigenvalue weighted by Crippen LogP contribution is -2.17.